The minimum absolute atomic E-state index is 0.0699. The third-order valence-electron chi connectivity index (χ3n) is 3.31. The van der Waals surface area contributed by atoms with E-state index in [-0.39, 0.29) is 5.82 Å². The van der Waals surface area contributed by atoms with Crippen LogP contribution in [0.3, 0.4) is 0 Å². The summed E-state index contributed by atoms with van der Waals surface area (Å²) in [4.78, 5) is 29.8. The number of carbonyl (C=O) groups is 2. The van der Waals surface area contributed by atoms with E-state index in [2.05, 4.69) is 16.6 Å². The second kappa shape index (κ2) is 8.53. The standard InChI is InChI=1S/C18H32N4O4/c1-14(19-13-20(8)21-11-9-10-12-21)22(15(23)25-17(2,3)4)16(24)26-18(5,6)7/h13H,1,9-12H2,2-8H3. The highest BCUT2D eigenvalue weighted by atomic mass is 16.6. The number of imide groups is 1. The van der Waals surface area contributed by atoms with Crippen molar-refractivity contribution in [3.8, 4) is 0 Å². The number of aliphatic imine (C=N–C) groups is 1. The minimum Gasteiger partial charge on any atom is -0.443 e. The third kappa shape index (κ3) is 7.43. The molecule has 0 aromatic carbocycles. The van der Waals surface area contributed by atoms with Crippen molar-refractivity contribution in [3.63, 3.8) is 0 Å². The highest BCUT2D eigenvalue weighted by molar-refractivity contribution is 5.90. The van der Waals surface area contributed by atoms with E-state index < -0.39 is 23.4 Å². The number of nitrogens with zero attached hydrogens (tertiary/aromatic N) is 4. The topological polar surface area (TPSA) is 74.7 Å². The fourth-order valence-corrected chi connectivity index (χ4v) is 2.20. The van der Waals surface area contributed by atoms with Crippen molar-refractivity contribution < 1.29 is 19.1 Å². The van der Waals surface area contributed by atoms with E-state index in [1.807, 2.05) is 12.1 Å². The van der Waals surface area contributed by atoms with Gasteiger partial charge in [-0.3, -0.25) is 5.01 Å². The quantitative estimate of drug-likeness (QED) is 0.557. The molecule has 1 aliphatic heterocycles. The van der Waals surface area contributed by atoms with Crippen molar-refractivity contribution in [1.82, 2.24) is 14.9 Å². The van der Waals surface area contributed by atoms with Crippen LogP contribution in [0.2, 0.25) is 0 Å². The fourth-order valence-electron chi connectivity index (χ4n) is 2.20. The molecule has 1 saturated heterocycles. The highest BCUT2D eigenvalue weighted by Gasteiger charge is 2.33. The third-order valence-corrected chi connectivity index (χ3v) is 3.31. The Bertz CT molecular complexity index is 527. The maximum atomic E-state index is 12.5. The summed E-state index contributed by atoms with van der Waals surface area (Å²) in [5.74, 6) is -0.0699. The first kappa shape index (κ1) is 22.0. The van der Waals surface area contributed by atoms with Gasteiger partial charge in [0, 0.05) is 20.1 Å². The van der Waals surface area contributed by atoms with Crippen LogP contribution in [-0.4, -0.2) is 64.8 Å². The van der Waals surface area contributed by atoms with Gasteiger partial charge in [0.05, 0.1) is 0 Å². The molecule has 0 bridgehead atoms. The van der Waals surface area contributed by atoms with Gasteiger partial charge in [-0.2, -0.15) is 4.90 Å². The Balaban J connectivity index is 2.92. The molecule has 1 aliphatic rings. The Labute approximate surface area is 156 Å². The molecule has 0 aromatic heterocycles. The van der Waals surface area contributed by atoms with Gasteiger partial charge in [0.15, 0.2) is 0 Å². The SMILES string of the molecule is C=C(N=CN(C)N1CCCC1)N(C(=O)OC(C)(C)C)C(=O)OC(C)(C)C. The number of carbonyl (C=O) groups excluding carboxylic acids is 2. The lowest BCUT2D eigenvalue weighted by Crippen LogP contribution is -2.43. The molecule has 1 fully saturated rings. The summed E-state index contributed by atoms with van der Waals surface area (Å²) in [7, 11) is 1.85. The molecule has 0 saturated carbocycles. The Kier molecular flexibility index (Phi) is 7.20. The molecule has 148 valence electrons. The summed E-state index contributed by atoms with van der Waals surface area (Å²) in [6.45, 7) is 15.9. The lowest BCUT2D eigenvalue weighted by Gasteiger charge is -2.29. The monoisotopic (exact) mass is 368 g/mol. The second-order valence-corrected chi connectivity index (χ2v) is 8.19. The van der Waals surface area contributed by atoms with Crippen LogP contribution in [0, 0.1) is 0 Å². The van der Waals surface area contributed by atoms with Crippen LogP contribution >= 0.6 is 0 Å². The molecule has 1 heterocycles. The summed E-state index contributed by atoms with van der Waals surface area (Å²) >= 11 is 0. The van der Waals surface area contributed by atoms with Crippen molar-refractivity contribution in [2.24, 2.45) is 4.99 Å². The lowest BCUT2D eigenvalue weighted by atomic mass is 10.2. The van der Waals surface area contributed by atoms with Gasteiger partial charge in [-0.05, 0) is 54.4 Å². The summed E-state index contributed by atoms with van der Waals surface area (Å²) < 4.78 is 10.6. The molecule has 0 N–H and O–H groups in total. The van der Waals surface area contributed by atoms with Crippen molar-refractivity contribution >= 4 is 18.5 Å². The minimum atomic E-state index is -0.877. The summed E-state index contributed by atoms with van der Waals surface area (Å²) in [5, 5.41) is 3.93. The summed E-state index contributed by atoms with van der Waals surface area (Å²) in [6, 6.07) is 0. The first-order valence-electron chi connectivity index (χ1n) is 8.77. The van der Waals surface area contributed by atoms with Gasteiger partial charge in [0.25, 0.3) is 0 Å². The van der Waals surface area contributed by atoms with Crippen molar-refractivity contribution in [2.75, 3.05) is 20.1 Å². The smallest absolute Gasteiger partial charge is 0.425 e. The Hall–Kier alpha value is -2.09. The zero-order chi connectivity index (χ0) is 20.1. The molecule has 0 unspecified atom stereocenters. The van der Waals surface area contributed by atoms with Crippen LogP contribution in [-0.2, 0) is 9.47 Å². The Morgan fingerprint density at radius 3 is 1.81 bits per heavy atom. The summed E-state index contributed by atoms with van der Waals surface area (Å²) in [6.07, 6.45) is 2.02. The Morgan fingerprint density at radius 1 is 1.00 bits per heavy atom. The number of amides is 2. The van der Waals surface area contributed by atoms with Crippen molar-refractivity contribution in [1.29, 1.82) is 0 Å². The van der Waals surface area contributed by atoms with Crippen LogP contribution in [0.1, 0.15) is 54.4 Å². The van der Waals surface area contributed by atoms with E-state index in [1.54, 1.807) is 41.5 Å². The molecule has 1 rings (SSSR count). The number of hydrogen-bond acceptors (Lipinski definition) is 6. The fraction of sp³-hybridized carbons (Fsp3) is 0.722. The maximum absolute atomic E-state index is 12.5. The van der Waals surface area contributed by atoms with Crippen LogP contribution in [0.15, 0.2) is 17.4 Å². The van der Waals surface area contributed by atoms with E-state index in [9.17, 15) is 9.59 Å². The molecule has 8 heteroatoms. The van der Waals surface area contributed by atoms with Gasteiger partial charge in [-0.1, -0.05) is 6.58 Å². The van der Waals surface area contributed by atoms with Crippen molar-refractivity contribution in [3.05, 3.63) is 12.4 Å². The summed E-state index contributed by atoms with van der Waals surface area (Å²) in [5.41, 5.74) is -1.54. The average molecular weight is 368 g/mol. The molecular weight excluding hydrogens is 336 g/mol. The first-order valence-corrected chi connectivity index (χ1v) is 8.77. The Morgan fingerprint density at radius 2 is 1.42 bits per heavy atom. The van der Waals surface area contributed by atoms with E-state index in [1.165, 1.54) is 6.34 Å². The maximum Gasteiger partial charge on any atom is 0.425 e. The number of rotatable bonds is 4. The van der Waals surface area contributed by atoms with Crippen molar-refractivity contribution in [2.45, 2.75) is 65.6 Å². The zero-order valence-corrected chi connectivity index (χ0v) is 17.0. The van der Waals surface area contributed by atoms with Crippen LogP contribution < -0.4 is 0 Å². The predicted molar refractivity (Wildman–Crippen MR) is 101 cm³/mol. The number of hydrogen-bond donors (Lipinski definition) is 0. The van der Waals surface area contributed by atoms with Gasteiger partial charge in [-0.15, -0.1) is 0 Å². The van der Waals surface area contributed by atoms with Gasteiger partial charge in [-0.25, -0.2) is 19.6 Å². The number of ether oxygens (including phenoxy) is 2. The van der Waals surface area contributed by atoms with Crippen LogP contribution in [0.25, 0.3) is 0 Å². The van der Waals surface area contributed by atoms with E-state index in [4.69, 9.17) is 9.47 Å². The lowest BCUT2D eigenvalue weighted by molar-refractivity contribution is 0.00816. The highest BCUT2D eigenvalue weighted by Crippen LogP contribution is 2.18. The molecule has 26 heavy (non-hydrogen) atoms. The molecule has 0 radical (unpaired) electrons. The number of hydrazine groups is 1. The molecule has 0 aromatic rings. The van der Waals surface area contributed by atoms with E-state index in [0.29, 0.717) is 4.90 Å². The van der Waals surface area contributed by atoms with E-state index >= 15 is 0 Å². The van der Waals surface area contributed by atoms with Gasteiger partial charge in [0.1, 0.15) is 23.4 Å². The first-order chi connectivity index (χ1) is 11.8. The zero-order valence-electron chi connectivity index (χ0n) is 17.0. The predicted octanol–water partition coefficient (Wildman–Crippen LogP) is 3.60. The molecular formula is C18H32N4O4. The normalized spacial score (nSPS) is 15.8. The van der Waals surface area contributed by atoms with E-state index in [0.717, 1.165) is 25.9 Å². The molecule has 8 nitrogen and oxygen atoms in total. The van der Waals surface area contributed by atoms with Crippen LogP contribution in [0.4, 0.5) is 9.59 Å². The van der Waals surface area contributed by atoms with Gasteiger partial charge >= 0.3 is 12.2 Å². The molecule has 2 amide bonds. The molecule has 0 spiro atoms. The average Bonchev–Trinajstić information content (AvgIpc) is 2.94. The second-order valence-electron chi connectivity index (χ2n) is 8.19. The molecule has 0 atom stereocenters. The van der Waals surface area contributed by atoms with Crippen LogP contribution in [0.5, 0.6) is 0 Å². The largest absolute Gasteiger partial charge is 0.443 e. The van der Waals surface area contributed by atoms with Gasteiger partial charge < -0.3 is 9.47 Å². The molecule has 0 aliphatic carbocycles. The van der Waals surface area contributed by atoms with Gasteiger partial charge in [0.2, 0.25) is 0 Å².